The SMILES string of the molecule is CC(C)S(=O)(=O)c1ccc(CC(=O)NCCN2CCN(C(=O)OC(C)(C)C)CC2)cc1. The quantitative estimate of drug-likeness (QED) is 0.679. The van der Waals surface area contributed by atoms with E-state index in [1.807, 2.05) is 20.8 Å². The van der Waals surface area contributed by atoms with Gasteiger partial charge in [0.1, 0.15) is 5.60 Å². The second-order valence-corrected chi connectivity index (χ2v) is 11.6. The second kappa shape index (κ2) is 10.5. The molecule has 0 spiro atoms. The summed E-state index contributed by atoms with van der Waals surface area (Å²) in [6.45, 7) is 12.8. The van der Waals surface area contributed by atoms with E-state index in [0.717, 1.165) is 18.7 Å². The Morgan fingerprint density at radius 1 is 1.06 bits per heavy atom. The van der Waals surface area contributed by atoms with Gasteiger partial charge in [-0.2, -0.15) is 0 Å². The van der Waals surface area contributed by atoms with Crippen LogP contribution in [-0.4, -0.2) is 80.3 Å². The minimum absolute atomic E-state index is 0.105. The molecule has 0 aromatic heterocycles. The summed E-state index contributed by atoms with van der Waals surface area (Å²) in [5.74, 6) is -0.105. The molecule has 0 atom stereocenters. The molecule has 8 nitrogen and oxygen atoms in total. The first-order valence-electron chi connectivity index (χ1n) is 10.7. The molecule has 31 heavy (non-hydrogen) atoms. The van der Waals surface area contributed by atoms with Crippen LogP contribution in [0.3, 0.4) is 0 Å². The first-order chi connectivity index (χ1) is 14.4. The van der Waals surface area contributed by atoms with Crippen LogP contribution in [0.4, 0.5) is 4.79 Å². The van der Waals surface area contributed by atoms with Gasteiger partial charge in [0.2, 0.25) is 5.91 Å². The lowest BCUT2D eigenvalue weighted by Gasteiger charge is -2.35. The summed E-state index contributed by atoms with van der Waals surface area (Å²) in [7, 11) is -3.31. The fourth-order valence-electron chi connectivity index (χ4n) is 3.15. The Balaban J connectivity index is 1.70. The molecule has 0 aliphatic carbocycles. The second-order valence-electron chi connectivity index (χ2n) is 9.07. The summed E-state index contributed by atoms with van der Waals surface area (Å²) in [4.78, 5) is 28.5. The third-order valence-corrected chi connectivity index (χ3v) is 7.18. The van der Waals surface area contributed by atoms with Gasteiger partial charge in [-0.1, -0.05) is 12.1 Å². The standard InChI is InChI=1S/C22H35N3O5S/c1-17(2)31(28,29)19-8-6-18(7-9-19)16-20(26)23-10-11-24-12-14-25(15-13-24)21(27)30-22(3,4)5/h6-9,17H,10-16H2,1-5H3,(H,23,26). The highest BCUT2D eigenvalue weighted by Crippen LogP contribution is 2.17. The highest BCUT2D eigenvalue weighted by molar-refractivity contribution is 7.92. The molecule has 2 amide bonds. The molecule has 2 rings (SSSR count). The van der Waals surface area contributed by atoms with Gasteiger partial charge in [0.15, 0.2) is 9.84 Å². The molecule has 0 radical (unpaired) electrons. The van der Waals surface area contributed by atoms with Crippen molar-refractivity contribution >= 4 is 21.8 Å². The molecular formula is C22H35N3O5S. The number of hydrogen-bond acceptors (Lipinski definition) is 6. The fraction of sp³-hybridized carbons (Fsp3) is 0.636. The summed E-state index contributed by atoms with van der Waals surface area (Å²) >= 11 is 0. The predicted molar refractivity (Wildman–Crippen MR) is 120 cm³/mol. The maximum atomic E-state index is 12.2. The number of ether oxygens (including phenoxy) is 1. The lowest BCUT2D eigenvalue weighted by Crippen LogP contribution is -2.51. The largest absolute Gasteiger partial charge is 0.444 e. The third-order valence-electron chi connectivity index (χ3n) is 5.01. The zero-order valence-electron chi connectivity index (χ0n) is 19.2. The van der Waals surface area contributed by atoms with Crippen molar-refractivity contribution in [3.05, 3.63) is 29.8 Å². The van der Waals surface area contributed by atoms with Crippen LogP contribution >= 0.6 is 0 Å². The van der Waals surface area contributed by atoms with E-state index in [1.165, 1.54) is 0 Å². The van der Waals surface area contributed by atoms with Gasteiger partial charge < -0.3 is 15.0 Å². The average molecular weight is 454 g/mol. The molecule has 1 fully saturated rings. The lowest BCUT2D eigenvalue weighted by molar-refractivity contribution is -0.120. The van der Waals surface area contributed by atoms with Crippen LogP contribution in [0, 0.1) is 0 Å². The van der Waals surface area contributed by atoms with E-state index in [-0.39, 0.29) is 23.3 Å². The van der Waals surface area contributed by atoms with E-state index in [2.05, 4.69) is 10.2 Å². The summed E-state index contributed by atoms with van der Waals surface area (Å²) in [6.07, 6.45) is -0.0818. The third kappa shape index (κ3) is 7.81. The van der Waals surface area contributed by atoms with Gasteiger partial charge in [-0.3, -0.25) is 9.69 Å². The number of carbonyl (C=O) groups excluding carboxylic acids is 2. The zero-order chi connectivity index (χ0) is 23.2. The first-order valence-corrected chi connectivity index (χ1v) is 12.2. The predicted octanol–water partition coefficient (Wildman–Crippen LogP) is 2.08. The molecule has 1 aliphatic rings. The van der Waals surface area contributed by atoms with Crippen molar-refractivity contribution in [1.29, 1.82) is 0 Å². The van der Waals surface area contributed by atoms with E-state index in [4.69, 9.17) is 4.74 Å². The van der Waals surface area contributed by atoms with Gasteiger partial charge in [-0.25, -0.2) is 13.2 Å². The van der Waals surface area contributed by atoms with Crippen molar-refractivity contribution in [2.24, 2.45) is 0 Å². The molecule has 1 aromatic rings. The van der Waals surface area contributed by atoms with Gasteiger partial charge in [-0.15, -0.1) is 0 Å². The minimum Gasteiger partial charge on any atom is -0.444 e. The van der Waals surface area contributed by atoms with E-state index >= 15 is 0 Å². The number of benzene rings is 1. The molecule has 1 aromatic carbocycles. The summed E-state index contributed by atoms with van der Waals surface area (Å²) < 4.78 is 29.7. The maximum absolute atomic E-state index is 12.2. The Labute approximate surface area is 185 Å². The molecule has 1 heterocycles. The number of carbonyl (C=O) groups is 2. The number of hydrogen-bond donors (Lipinski definition) is 1. The van der Waals surface area contributed by atoms with Crippen molar-refractivity contribution in [3.8, 4) is 0 Å². The number of nitrogens with zero attached hydrogens (tertiary/aromatic N) is 2. The fourth-order valence-corrected chi connectivity index (χ4v) is 4.21. The van der Waals surface area contributed by atoms with Gasteiger partial charge in [0.25, 0.3) is 0 Å². The number of nitrogens with one attached hydrogen (secondary N) is 1. The van der Waals surface area contributed by atoms with E-state index < -0.39 is 20.7 Å². The Kier molecular flexibility index (Phi) is 8.48. The van der Waals surface area contributed by atoms with E-state index in [0.29, 0.717) is 26.2 Å². The van der Waals surface area contributed by atoms with Crippen molar-refractivity contribution in [2.45, 2.75) is 56.8 Å². The zero-order valence-corrected chi connectivity index (χ0v) is 20.0. The molecule has 0 unspecified atom stereocenters. The van der Waals surface area contributed by atoms with Crippen LogP contribution in [0.2, 0.25) is 0 Å². The highest BCUT2D eigenvalue weighted by Gasteiger charge is 2.25. The lowest BCUT2D eigenvalue weighted by atomic mass is 10.1. The molecule has 0 bridgehead atoms. The van der Waals surface area contributed by atoms with Crippen molar-refractivity contribution in [2.75, 3.05) is 39.3 Å². The van der Waals surface area contributed by atoms with Crippen LogP contribution in [0.25, 0.3) is 0 Å². The average Bonchev–Trinajstić information content (AvgIpc) is 2.67. The molecule has 0 saturated carbocycles. The van der Waals surface area contributed by atoms with E-state index in [1.54, 1.807) is 43.0 Å². The minimum atomic E-state index is -3.31. The van der Waals surface area contributed by atoms with Crippen LogP contribution in [-0.2, 0) is 25.8 Å². The van der Waals surface area contributed by atoms with Crippen LogP contribution in [0.5, 0.6) is 0 Å². The normalized spacial score (nSPS) is 15.7. The maximum Gasteiger partial charge on any atom is 0.410 e. The molecule has 1 aliphatic heterocycles. The Morgan fingerprint density at radius 2 is 1.65 bits per heavy atom. The van der Waals surface area contributed by atoms with Crippen LogP contribution in [0.15, 0.2) is 29.2 Å². The van der Waals surface area contributed by atoms with Crippen molar-refractivity contribution in [3.63, 3.8) is 0 Å². The van der Waals surface area contributed by atoms with Gasteiger partial charge in [-0.05, 0) is 52.3 Å². The van der Waals surface area contributed by atoms with Crippen molar-refractivity contribution in [1.82, 2.24) is 15.1 Å². The van der Waals surface area contributed by atoms with Gasteiger partial charge >= 0.3 is 6.09 Å². The summed E-state index contributed by atoms with van der Waals surface area (Å²) in [5, 5.41) is 2.42. The summed E-state index contributed by atoms with van der Waals surface area (Å²) in [6, 6.07) is 6.49. The molecular weight excluding hydrogens is 418 g/mol. The first kappa shape index (κ1) is 25.1. The van der Waals surface area contributed by atoms with Gasteiger partial charge in [0.05, 0.1) is 16.6 Å². The van der Waals surface area contributed by atoms with Crippen LogP contribution < -0.4 is 5.32 Å². The van der Waals surface area contributed by atoms with Crippen molar-refractivity contribution < 1.29 is 22.7 Å². The molecule has 1 N–H and O–H groups in total. The molecule has 9 heteroatoms. The smallest absolute Gasteiger partial charge is 0.410 e. The van der Waals surface area contributed by atoms with Crippen LogP contribution in [0.1, 0.15) is 40.2 Å². The Morgan fingerprint density at radius 3 is 2.16 bits per heavy atom. The Bertz CT molecular complexity index is 852. The Hall–Kier alpha value is -2.13. The topological polar surface area (TPSA) is 96.0 Å². The molecule has 1 saturated heterocycles. The van der Waals surface area contributed by atoms with E-state index in [9.17, 15) is 18.0 Å². The molecule has 174 valence electrons. The number of piperazine rings is 1. The van der Waals surface area contributed by atoms with Gasteiger partial charge in [0, 0.05) is 39.3 Å². The number of sulfone groups is 1. The monoisotopic (exact) mass is 453 g/mol. The number of amides is 2. The number of rotatable bonds is 7. The summed E-state index contributed by atoms with van der Waals surface area (Å²) in [5.41, 5.74) is 0.271. The highest BCUT2D eigenvalue weighted by atomic mass is 32.2.